The molecular formula is C19H23N. The molecule has 20 heavy (non-hydrogen) atoms. The van der Waals surface area contributed by atoms with Gasteiger partial charge >= 0.3 is 0 Å². The molecule has 1 aliphatic heterocycles. The van der Waals surface area contributed by atoms with E-state index in [-0.39, 0.29) is 0 Å². The molecule has 1 heteroatoms. The highest BCUT2D eigenvalue weighted by molar-refractivity contribution is 5.72. The first-order valence-corrected chi connectivity index (χ1v) is 7.80. The molecule has 1 heterocycles. The summed E-state index contributed by atoms with van der Waals surface area (Å²) in [6, 6.07) is 20.4. The summed E-state index contributed by atoms with van der Waals surface area (Å²) in [5.74, 6) is 0.659. The number of hydrogen-bond donors (Lipinski definition) is 0. The van der Waals surface area contributed by atoms with Gasteiger partial charge in [0.1, 0.15) is 0 Å². The molecule has 0 amide bonds. The molecule has 0 radical (unpaired) electrons. The number of benzene rings is 2. The number of rotatable bonds is 4. The Hall–Kier alpha value is -1.76. The third-order valence-corrected chi connectivity index (χ3v) is 4.45. The van der Waals surface area contributed by atoms with Gasteiger partial charge in [0.15, 0.2) is 0 Å². The van der Waals surface area contributed by atoms with Crippen LogP contribution in [0.5, 0.6) is 0 Å². The minimum Gasteiger partial charge on any atom is -0.338 e. The van der Waals surface area contributed by atoms with E-state index in [1.807, 2.05) is 0 Å². The lowest BCUT2D eigenvalue weighted by molar-refractivity contribution is 0.505. The first kappa shape index (κ1) is 13.2. The van der Waals surface area contributed by atoms with Gasteiger partial charge in [0, 0.05) is 23.3 Å². The van der Waals surface area contributed by atoms with Gasteiger partial charge in [0.25, 0.3) is 0 Å². The predicted molar refractivity (Wildman–Crippen MR) is 86.8 cm³/mol. The smallest absolute Gasteiger partial charge is 0.0449 e. The van der Waals surface area contributed by atoms with Crippen LogP contribution in [0.1, 0.15) is 44.6 Å². The van der Waals surface area contributed by atoms with Gasteiger partial charge in [-0.2, -0.15) is 0 Å². The predicted octanol–water partition coefficient (Wildman–Crippen LogP) is 5.50. The highest BCUT2D eigenvalue weighted by Gasteiger charge is 2.36. The SMILES string of the molecule is CCCC1C(CC)c2ccccc2N1c1ccccc1. The van der Waals surface area contributed by atoms with E-state index in [2.05, 4.69) is 73.3 Å². The van der Waals surface area contributed by atoms with Crippen LogP contribution >= 0.6 is 0 Å². The zero-order valence-corrected chi connectivity index (χ0v) is 12.4. The van der Waals surface area contributed by atoms with Crippen LogP contribution in [-0.2, 0) is 0 Å². The van der Waals surface area contributed by atoms with E-state index in [1.165, 1.54) is 36.2 Å². The largest absolute Gasteiger partial charge is 0.338 e. The Balaban J connectivity index is 2.10. The van der Waals surface area contributed by atoms with Crippen LogP contribution in [0.25, 0.3) is 0 Å². The fourth-order valence-corrected chi connectivity index (χ4v) is 3.62. The molecule has 0 fully saturated rings. The molecule has 0 saturated heterocycles. The summed E-state index contributed by atoms with van der Waals surface area (Å²) in [6.45, 7) is 4.61. The molecule has 0 N–H and O–H groups in total. The quantitative estimate of drug-likeness (QED) is 0.705. The molecule has 2 atom stereocenters. The van der Waals surface area contributed by atoms with Crippen LogP contribution in [0.2, 0.25) is 0 Å². The van der Waals surface area contributed by atoms with Crippen molar-refractivity contribution in [1.29, 1.82) is 0 Å². The summed E-state index contributed by atoms with van der Waals surface area (Å²) < 4.78 is 0. The lowest BCUT2D eigenvalue weighted by Crippen LogP contribution is -2.29. The average Bonchev–Trinajstić information content (AvgIpc) is 2.82. The Morgan fingerprint density at radius 3 is 2.30 bits per heavy atom. The molecule has 1 nitrogen and oxygen atoms in total. The Bertz CT molecular complexity index is 561. The molecular weight excluding hydrogens is 242 g/mol. The van der Waals surface area contributed by atoms with Gasteiger partial charge < -0.3 is 4.90 Å². The molecule has 104 valence electrons. The Morgan fingerprint density at radius 1 is 0.900 bits per heavy atom. The zero-order valence-electron chi connectivity index (χ0n) is 12.4. The number of para-hydroxylation sites is 2. The van der Waals surface area contributed by atoms with Crippen LogP contribution in [0, 0.1) is 0 Å². The molecule has 1 aliphatic rings. The molecule has 3 rings (SSSR count). The van der Waals surface area contributed by atoms with Gasteiger partial charge in [0.05, 0.1) is 0 Å². The lowest BCUT2D eigenvalue weighted by atomic mass is 9.90. The number of fused-ring (bicyclic) bond motifs is 1. The van der Waals surface area contributed by atoms with Gasteiger partial charge in [-0.3, -0.25) is 0 Å². The summed E-state index contributed by atoms with van der Waals surface area (Å²) >= 11 is 0. The molecule has 0 saturated carbocycles. The molecule has 0 aromatic heterocycles. The molecule has 0 bridgehead atoms. The third-order valence-electron chi connectivity index (χ3n) is 4.45. The minimum atomic E-state index is 0.602. The fraction of sp³-hybridized carbons (Fsp3) is 0.368. The molecule has 2 aromatic carbocycles. The summed E-state index contributed by atoms with van der Waals surface area (Å²) in [4.78, 5) is 2.56. The van der Waals surface area contributed by atoms with Crippen LogP contribution < -0.4 is 4.90 Å². The van der Waals surface area contributed by atoms with E-state index >= 15 is 0 Å². The van der Waals surface area contributed by atoms with Crippen molar-refractivity contribution in [3.63, 3.8) is 0 Å². The maximum Gasteiger partial charge on any atom is 0.0449 e. The van der Waals surface area contributed by atoms with E-state index in [1.54, 1.807) is 0 Å². The fourth-order valence-electron chi connectivity index (χ4n) is 3.62. The van der Waals surface area contributed by atoms with Crippen molar-refractivity contribution in [2.24, 2.45) is 0 Å². The highest BCUT2D eigenvalue weighted by atomic mass is 15.2. The van der Waals surface area contributed by atoms with E-state index in [4.69, 9.17) is 0 Å². The first-order chi connectivity index (χ1) is 9.86. The van der Waals surface area contributed by atoms with Gasteiger partial charge in [0.2, 0.25) is 0 Å². The van der Waals surface area contributed by atoms with Crippen molar-refractivity contribution < 1.29 is 0 Å². The van der Waals surface area contributed by atoms with Crippen molar-refractivity contribution in [3.05, 3.63) is 60.2 Å². The number of nitrogens with zero attached hydrogens (tertiary/aromatic N) is 1. The summed E-state index contributed by atoms with van der Waals surface area (Å²) in [5.41, 5.74) is 4.26. The van der Waals surface area contributed by atoms with E-state index in [9.17, 15) is 0 Å². The normalized spacial score (nSPS) is 21.0. The first-order valence-electron chi connectivity index (χ1n) is 7.80. The monoisotopic (exact) mass is 265 g/mol. The second-order valence-electron chi connectivity index (χ2n) is 5.64. The topological polar surface area (TPSA) is 3.24 Å². The van der Waals surface area contributed by atoms with Crippen molar-refractivity contribution in [3.8, 4) is 0 Å². The molecule has 2 aromatic rings. The van der Waals surface area contributed by atoms with Crippen LogP contribution in [0.15, 0.2) is 54.6 Å². The third kappa shape index (κ3) is 2.11. The summed E-state index contributed by atoms with van der Waals surface area (Å²) in [6.07, 6.45) is 3.70. The van der Waals surface area contributed by atoms with Crippen LogP contribution in [0.3, 0.4) is 0 Å². The van der Waals surface area contributed by atoms with Gasteiger partial charge in [-0.15, -0.1) is 0 Å². The number of anilines is 2. The second-order valence-corrected chi connectivity index (χ2v) is 5.64. The van der Waals surface area contributed by atoms with Gasteiger partial charge in [-0.25, -0.2) is 0 Å². The average molecular weight is 265 g/mol. The molecule has 0 aliphatic carbocycles. The zero-order chi connectivity index (χ0) is 13.9. The van der Waals surface area contributed by atoms with Crippen molar-refractivity contribution in [1.82, 2.24) is 0 Å². The van der Waals surface area contributed by atoms with Crippen molar-refractivity contribution >= 4 is 11.4 Å². The van der Waals surface area contributed by atoms with E-state index < -0.39 is 0 Å². The minimum absolute atomic E-state index is 0.602. The summed E-state index contributed by atoms with van der Waals surface area (Å²) in [5, 5.41) is 0. The number of hydrogen-bond acceptors (Lipinski definition) is 1. The summed E-state index contributed by atoms with van der Waals surface area (Å²) in [7, 11) is 0. The highest BCUT2D eigenvalue weighted by Crippen LogP contribution is 2.47. The Labute approximate surface area is 122 Å². The molecule has 2 unspecified atom stereocenters. The lowest BCUT2D eigenvalue weighted by Gasteiger charge is -2.30. The second kappa shape index (κ2) is 5.70. The van der Waals surface area contributed by atoms with Gasteiger partial charge in [-0.05, 0) is 36.6 Å². The van der Waals surface area contributed by atoms with Gasteiger partial charge in [-0.1, -0.05) is 56.7 Å². The van der Waals surface area contributed by atoms with E-state index in [0.29, 0.717) is 12.0 Å². The Kier molecular flexibility index (Phi) is 3.77. The van der Waals surface area contributed by atoms with Crippen LogP contribution in [-0.4, -0.2) is 6.04 Å². The van der Waals surface area contributed by atoms with Crippen LogP contribution in [0.4, 0.5) is 11.4 Å². The van der Waals surface area contributed by atoms with Crippen molar-refractivity contribution in [2.45, 2.75) is 45.1 Å². The van der Waals surface area contributed by atoms with E-state index in [0.717, 1.165) is 0 Å². The standard InChI is InChI=1S/C19H23N/c1-3-10-18-16(4-2)17-13-8-9-14-19(17)20(18)15-11-6-5-7-12-15/h5-9,11-14,16,18H,3-4,10H2,1-2H3. The molecule has 0 spiro atoms. The Morgan fingerprint density at radius 2 is 1.60 bits per heavy atom. The maximum absolute atomic E-state index is 2.56. The maximum atomic E-state index is 2.56. The van der Waals surface area contributed by atoms with Crippen molar-refractivity contribution in [2.75, 3.05) is 4.90 Å².